The second-order valence-corrected chi connectivity index (χ2v) is 8.40. The van der Waals surface area contributed by atoms with E-state index in [4.69, 9.17) is 10.2 Å². The Morgan fingerprint density at radius 3 is 2.47 bits per heavy atom. The monoisotopic (exact) mass is 414 g/mol. The molecule has 154 valence electrons. The molecule has 0 unspecified atom stereocenters. The SMILES string of the molecule is Cc1cccc(Cc2c(N)cnc3ccc(-c4ccc5c(c4)oc4ccccc45)cc23)c1. The van der Waals surface area contributed by atoms with Crippen molar-refractivity contribution in [2.45, 2.75) is 13.3 Å². The van der Waals surface area contributed by atoms with Gasteiger partial charge in [-0.15, -0.1) is 0 Å². The molecular formula is C29H22N2O. The Bertz CT molecular complexity index is 1630. The van der Waals surface area contributed by atoms with Crippen LogP contribution in [0.1, 0.15) is 16.7 Å². The van der Waals surface area contributed by atoms with Gasteiger partial charge in [-0.05, 0) is 59.5 Å². The third-order valence-corrected chi connectivity index (χ3v) is 6.19. The molecule has 0 atom stereocenters. The van der Waals surface area contributed by atoms with Crippen molar-refractivity contribution in [3.63, 3.8) is 0 Å². The molecule has 0 aliphatic carbocycles. The molecule has 6 rings (SSSR count). The van der Waals surface area contributed by atoms with Crippen molar-refractivity contribution in [1.82, 2.24) is 4.98 Å². The van der Waals surface area contributed by atoms with Crippen LogP contribution in [0.5, 0.6) is 0 Å². The zero-order valence-corrected chi connectivity index (χ0v) is 17.8. The van der Waals surface area contributed by atoms with E-state index in [1.807, 2.05) is 18.2 Å². The van der Waals surface area contributed by atoms with E-state index in [9.17, 15) is 0 Å². The maximum Gasteiger partial charge on any atom is 0.136 e. The Kier molecular flexibility index (Phi) is 4.22. The fraction of sp³-hybridized carbons (Fsp3) is 0.0690. The molecule has 0 spiro atoms. The molecule has 0 fully saturated rings. The summed E-state index contributed by atoms with van der Waals surface area (Å²) in [6.45, 7) is 2.11. The van der Waals surface area contributed by atoms with Crippen molar-refractivity contribution in [3.8, 4) is 11.1 Å². The zero-order valence-electron chi connectivity index (χ0n) is 17.8. The van der Waals surface area contributed by atoms with Crippen LogP contribution in [0.15, 0.2) is 95.5 Å². The number of pyridine rings is 1. The number of hydrogen-bond donors (Lipinski definition) is 1. The molecule has 0 saturated heterocycles. The van der Waals surface area contributed by atoms with Crippen LogP contribution in [0.25, 0.3) is 44.0 Å². The van der Waals surface area contributed by atoms with E-state index in [1.165, 1.54) is 11.1 Å². The van der Waals surface area contributed by atoms with Crippen LogP contribution in [0.3, 0.4) is 0 Å². The number of aromatic nitrogens is 1. The summed E-state index contributed by atoms with van der Waals surface area (Å²) in [4.78, 5) is 4.57. The van der Waals surface area contributed by atoms with E-state index in [1.54, 1.807) is 6.20 Å². The highest BCUT2D eigenvalue weighted by Crippen LogP contribution is 2.34. The topological polar surface area (TPSA) is 52.0 Å². The molecule has 2 heterocycles. The summed E-state index contributed by atoms with van der Waals surface area (Å²) in [5.74, 6) is 0. The molecule has 3 heteroatoms. The summed E-state index contributed by atoms with van der Waals surface area (Å²) < 4.78 is 6.10. The Morgan fingerprint density at radius 1 is 0.750 bits per heavy atom. The highest BCUT2D eigenvalue weighted by Gasteiger charge is 2.12. The lowest BCUT2D eigenvalue weighted by molar-refractivity contribution is 0.669. The van der Waals surface area contributed by atoms with Crippen molar-refractivity contribution in [1.29, 1.82) is 0 Å². The van der Waals surface area contributed by atoms with Gasteiger partial charge >= 0.3 is 0 Å². The van der Waals surface area contributed by atoms with Gasteiger partial charge in [0.15, 0.2) is 0 Å². The second kappa shape index (κ2) is 7.24. The van der Waals surface area contributed by atoms with E-state index in [0.717, 1.165) is 61.6 Å². The third-order valence-electron chi connectivity index (χ3n) is 6.19. The summed E-state index contributed by atoms with van der Waals surface area (Å²) in [5.41, 5.74) is 15.7. The Balaban J connectivity index is 1.49. The van der Waals surface area contributed by atoms with Gasteiger partial charge in [-0.1, -0.05) is 60.2 Å². The van der Waals surface area contributed by atoms with Crippen molar-refractivity contribution in [3.05, 3.63) is 108 Å². The molecule has 2 N–H and O–H groups in total. The van der Waals surface area contributed by atoms with Crippen LogP contribution >= 0.6 is 0 Å². The number of rotatable bonds is 3. The van der Waals surface area contributed by atoms with Gasteiger partial charge in [0.05, 0.1) is 17.4 Å². The summed E-state index contributed by atoms with van der Waals surface area (Å²) in [7, 11) is 0. The van der Waals surface area contributed by atoms with E-state index in [-0.39, 0.29) is 0 Å². The molecule has 4 aromatic carbocycles. The van der Waals surface area contributed by atoms with E-state index in [0.29, 0.717) is 0 Å². The predicted molar refractivity (Wildman–Crippen MR) is 133 cm³/mol. The molecule has 0 saturated carbocycles. The number of nitrogens with zero attached hydrogens (tertiary/aromatic N) is 1. The minimum absolute atomic E-state index is 0.726. The Hall–Kier alpha value is -4.11. The van der Waals surface area contributed by atoms with Crippen LogP contribution in [0.2, 0.25) is 0 Å². The molecule has 0 aliphatic heterocycles. The van der Waals surface area contributed by atoms with Gasteiger partial charge in [-0.3, -0.25) is 4.98 Å². The number of aryl methyl sites for hydroxylation is 1. The predicted octanol–water partition coefficient (Wildman–Crippen LogP) is 7.28. The van der Waals surface area contributed by atoms with Gasteiger partial charge in [0.2, 0.25) is 0 Å². The van der Waals surface area contributed by atoms with E-state index < -0.39 is 0 Å². The molecular weight excluding hydrogens is 392 g/mol. The van der Waals surface area contributed by atoms with Crippen LogP contribution < -0.4 is 5.73 Å². The van der Waals surface area contributed by atoms with Gasteiger partial charge in [0, 0.05) is 22.6 Å². The first-order chi connectivity index (χ1) is 15.7. The summed E-state index contributed by atoms with van der Waals surface area (Å²) in [6.07, 6.45) is 2.55. The largest absolute Gasteiger partial charge is 0.456 e. The van der Waals surface area contributed by atoms with Crippen LogP contribution in [0.4, 0.5) is 5.69 Å². The molecule has 0 radical (unpaired) electrons. The Labute approximate surface area is 186 Å². The van der Waals surface area contributed by atoms with Gasteiger partial charge in [-0.2, -0.15) is 0 Å². The normalized spacial score (nSPS) is 11.5. The first kappa shape index (κ1) is 18.6. The van der Waals surface area contributed by atoms with Gasteiger partial charge in [-0.25, -0.2) is 0 Å². The molecule has 3 nitrogen and oxygen atoms in total. The number of furan rings is 1. The first-order valence-electron chi connectivity index (χ1n) is 10.8. The number of nitrogens with two attached hydrogens (primary N) is 1. The number of fused-ring (bicyclic) bond motifs is 4. The minimum Gasteiger partial charge on any atom is -0.456 e. The van der Waals surface area contributed by atoms with Crippen LogP contribution in [-0.2, 0) is 6.42 Å². The zero-order chi connectivity index (χ0) is 21.7. The summed E-state index contributed by atoms with van der Waals surface area (Å²) >= 11 is 0. The van der Waals surface area contributed by atoms with Crippen molar-refractivity contribution < 1.29 is 4.42 Å². The minimum atomic E-state index is 0.726. The first-order valence-corrected chi connectivity index (χ1v) is 10.8. The molecule has 32 heavy (non-hydrogen) atoms. The number of nitrogen functional groups attached to an aromatic ring is 1. The lowest BCUT2D eigenvalue weighted by atomic mass is 9.95. The van der Waals surface area contributed by atoms with Gasteiger partial charge < -0.3 is 10.2 Å². The lowest BCUT2D eigenvalue weighted by Crippen LogP contribution is -1.99. The summed E-state index contributed by atoms with van der Waals surface area (Å²) in [5, 5.41) is 3.37. The van der Waals surface area contributed by atoms with Crippen molar-refractivity contribution >= 4 is 38.5 Å². The Morgan fingerprint density at radius 2 is 1.56 bits per heavy atom. The average molecular weight is 415 g/mol. The van der Waals surface area contributed by atoms with E-state index >= 15 is 0 Å². The van der Waals surface area contributed by atoms with Crippen LogP contribution in [0, 0.1) is 6.92 Å². The van der Waals surface area contributed by atoms with Crippen molar-refractivity contribution in [2.75, 3.05) is 5.73 Å². The number of benzene rings is 4. The molecule has 6 aromatic rings. The van der Waals surface area contributed by atoms with Gasteiger partial charge in [0.25, 0.3) is 0 Å². The number of para-hydroxylation sites is 1. The molecule has 0 bridgehead atoms. The fourth-order valence-corrected chi connectivity index (χ4v) is 4.57. The van der Waals surface area contributed by atoms with E-state index in [2.05, 4.69) is 78.6 Å². The highest BCUT2D eigenvalue weighted by atomic mass is 16.3. The van der Waals surface area contributed by atoms with Crippen molar-refractivity contribution in [2.24, 2.45) is 0 Å². The molecule has 2 aromatic heterocycles. The average Bonchev–Trinajstić information content (AvgIpc) is 3.18. The third kappa shape index (κ3) is 3.10. The fourth-order valence-electron chi connectivity index (χ4n) is 4.57. The lowest BCUT2D eigenvalue weighted by Gasteiger charge is -2.12. The summed E-state index contributed by atoms with van der Waals surface area (Å²) in [6, 6.07) is 29.6. The molecule has 0 aliphatic rings. The maximum atomic E-state index is 6.40. The number of hydrogen-bond acceptors (Lipinski definition) is 3. The molecule has 0 amide bonds. The van der Waals surface area contributed by atoms with Gasteiger partial charge in [0.1, 0.15) is 11.2 Å². The quantitative estimate of drug-likeness (QED) is 0.331. The smallest absolute Gasteiger partial charge is 0.136 e. The standard InChI is InChI=1S/C29H22N2O/c1-18-5-4-6-19(13-18)14-24-25-15-20(10-12-27(25)31-17-26(24)30)21-9-11-23-22-7-2-3-8-28(22)32-29(23)16-21/h2-13,15-17H,14,30H2,1H3. The second-order valence-electron chi connectivity index (χ2n) is 8.40. The highest BCUT2D eigenvalue weighted by molar-refractivity contribution is 6.06. The van der Waals surface area contributed by atoms with Crippen LogP contribution in [-0.4, -0.2) is 4.98 Å². The maximum absolute atomic E-state index is 6.40. The number of anilines is 1.